The monoisotopic (exact) mass is 688 g/mol. The van der Waals surface area contributed by atoms with Crippen LogP contribution in [0.4, 0.5) is 17.1 Å². The van der Waals surface area contributed by atoms with Crippen LogP contribution >= 0.6 is 11.6 Å². The molecule has 0 aliphatic rings. The summed E-state index contributed by atoms with van der Waals surface area (Å²) in [6, 6.07) is 15.6. The molecular formula is C39H53ClN6O3. The second kappa shape index (κ2) is 22.8. The largest absolute Gasteiger partial charge is 0.492 e. The summed E-state index contributed by atoms with van der Waals surface area (Å²) in [4.78, 5) is 20.8. The molecule has 0 aliphatic carbocycles. The van der Waals surface area contributed by atoms with Gasteiger partial charge in [0.1, 0.15) is 30.5 Å². The summed E-state index contributed by atoms with van der Waals surface area (Å²) in [5, 5.41) is 17.7. The van der Waals surface area contributed by atoms with Crippen molar-refractivity contribution in [2.75, 3.05) is 44.9 Å². The Kier molecular flexibility index (Phi) is 19.7. The molecule has 0 atom stereocenters. The Morgan fingerprint density at radius 3 is 2.29 bits per heavy atom. The van der Waals surface area contributed by atoms with E-state index in [4.69, 9.17) is 21.1 Å². The van der Waals surface area contributed by atoms with Gasteiger partial charge in [-0.05, 0) is 70.3 Å². The van der Waals surface area contributed by atoms with Crippen LogP contribution in [0.2, 0.25) is 5.02 Å². The third-order valence-corrected chi connectivity index (χ3v) is 6.96. The van der Waals surface area contributed by atoms with E-state index in [1.165, 1.54) is 6.08 Å². The van der Waals surface area contributed by atoms with Crippen molar-refractivity contribution in [2.24, 2.45) is 0 Å². The van der Waals surface area contributed by atoms with Crippen molar-refractivity contribution in [2.45, 2.75) is 67.9 Å². The summed E-state index contributed by atoms with van der Waals surface area (Å²) in [5.74, 6) is 1.65. The lowest BCUT2D eigenvalue weighted by atomic mass is 10.0. The zero-order valence-corrected chi connectivity index (χ0v) is 31.7. The van der Waals surface area contributed by atoms with Crippen molar-refractivity contribution in [1.82, 2.24) is 14.9 Å². The number of ether oxygens (including phenoxy) is 2. The highest BCUT2D eigenvalue weighted by Gasteiger charge is 2.17. The Balaban J connectivity index is 0.000000869. The molecule has 2 N–H and O–H groups in total. The van der Waals surface area contributed by atoms with Crippen molar-refractivity contribution in [1.29, 1.82) is 5.26 Å². The minimum Gasteiger partial charge on any atom is -0.492 e. The van der Waals surface area contributed by atoms with Crippen LogP contribution in [0.5, 0.6) is 11.5 Å². The molecule has 0 saturated heterocycles. The zero-order valence-electron chi connectivity index (χ0n) is 30.9. The van der Waals surface area contributed by atoms with E-state index in [-0.39, 0.29) is 0 Å². The number of halogens is 1. The maximum absolute atomic E-state index is 9.90. The molecule has 4 aromatic rings. The first-order valence-corrected chi connectivity index (χ1v) is 17.1. The van der Waals surface area contributed by atoms with Crippen LogP contribution in [0.25, 0.3) is 10.9 Å². The molecule has 0 amide bonds. The van der Waals surface area contributed by atoms with Gasteiger partial charge in [-0.1, -0.05) is 65.3 Å². The quantitative estimate of drug-likeness (QED) is 0.111. The lowest BCUT2D eigenvalue weighted by molar-refractivity contribution is -0.104. The van der Waals surface area contributed by atoms with E-state index in [0.717, 1.165) is 46.4 Å². The fourth-order valence-electron chi connectivity index (χ4n) is 4.34. The number of aryl methyl sites for hydroxylation is 1. The molecule has 2 heterocycles. The predicted molar refractivity (Wildman–Crippen MR) is 206 cm³/mol. The Hall–Kier alpha value is -4.65. The van der Waals surface area contributed by atoms with E-state index in [1.54, 1.807) is 6.07 Å². The second-order valence-corrected chi connectivity index (χ2v) is 11.1. The number of pyridine rings is 2. The molecule has 2 aromatic heterocycles. The highest BCUT2D eigenvalue weighted by Crippen LogP contribution is 2.38. The summed E-state index contributed by atoms with van der Waals surface area (Å²) in [6.45, 7) is 17.7. The number of anilines is 3. The molecule has 49 heavy (non-hydrogen) atoms. The van der Waals surface area contributed by atoms with Crippen LogP contribution in [0, 0.1) is 18.3 Å². The third kappa shape index (κ3) is 13.1. The summed E-state index contributed by atoms with van der Waals surface area (Å²) < 4.78 is 11.7. The number of nitriles is 1. The van der Waals surface area contributed by atoms with Gasteiger partial charge in [0, 0.05) is 48.2 Å². The summed E-state index contributed by atoms with van der Waals surface area (Å²) in [7, 11) is 5.74. The van der Waals surface area contributed by atoms with Gasteiger partial charge in [0.15, 0.2) is 0 Å². The van der Waals surface area contributed by atoms with Gasteiger partial charge < -0.3 is 25.0 Å². The molecule has 9 nitrogen and oxygen atoms in total. The third-order valence-electron chi connectivity index (χ3n) is 6.67. The minimum atomic E-state index is 0.361. The number of carbonyl (C=O) groups is 1. The minimum absolute atomic E-state index is 0.361. The average molecular weight is 689 g/mol. The first kappa shape index (κ1) is 42.4. The molecule has 0 spiro atoms. The number of fused-ring (bicyclic) bond motifs is 1. The van der Waals surface area contributed by atoms with Crippen LogP contribution in [-0.2, 0) is 11.4 Å². The number of hydrogen-bond donors (Lipinski definition) is 2. The summed E-state index contributed by atoms with van der Waals surface area (Å²) in [6.07, 6.45) is 5.92. The second-order valence-electron chi connectivity index (χ2n) is 10.7. The number of allylic oxidation sites excluding steroid dienone is 1. The number of benzene rings is 2. The first-order chi connectivity index (χ1) is 23.6. The topological polar surface area (TPSA) is 112 Å². The molecular weight excluding hydrogens is 636 g/mol. The molecule has 264 valence electrons. The van der Waals surface area contributed by atoms with Gasteiger partial charge in [0.2, 0.25) is 0 Å². The standard InChI is InChI=1S/C29H30ClN5O2.C6H11NO.2C2H6/c1-6-36-28-13-25-21(12-26(28)32-5)29(22(14-31)18(4)34-25)35-20-8-10-27(23(30)11-20)37-16-19-7-9-24(17(2)3)33-15-19;1-7(2)5-3-4-6-8;2*1-2/h7-13,15,17,32H,6,16H2,1-5H3,(H,34,35);3-4,6H,5H2,1-2H3;2*1-2H3/b;4-3+;;. The van der Waals surface area contributed by atoms with Gasteiger partial charge in [0.25, 0.3) is 0 Å². The van der Waals surface area contributed by atoms with E-state index in [2.05, 4.69) is 40.5 Å². The van der Waals surface area contributed by atoms with Crippen molar-refractivity contribution >= 4 is 45.9 Å². The molecule has 0 saturated carbocycles. The van der Waals surface area contributed by atoms with E-state index in [1.807, 2.05) is 116 Å². The number of nitrogens with zero attached hydrogens (tertiary/aromatic N) is 4. The van der Waals surface area contributed by atoms with E-state index < -0.39 is 0 Å². The summed E-state index contributed by atoms with van der Waals surface area (Å²) >= 11 is 6.57. The van der Waals surface area contributed by atoms with Crippen molar-refractivity contribution < 1.29 is 14.3 Å². The lowest BCUT2D eigenvalue weighted by Gasteiger charge is -2.17. The summed E-state index contributed by atoms with van der Waals surface area (Å²) in [5.41, 5.74) is 6.02. The van der Waals surface area contributed by atoms with Gasteiger partial charge in [-0.2, -0.15) is 5.26 Å². The number of aldehydes is 1. The number of rotatable bonds is 12. The Morgan fingerprint density at radius 2 is 1.76 bits per heavy atom. The van der Waals surface area contributed by atoms with Crippen LogP contribution in [0.15, 0.2) is 60.8 Å². The number of aromatic nitrogens is 2. The molecule has 10 heteroatoms. The lowest BCUT2D eigenvalue weighted by Crippen LogP contribution is -2.10. The zero-order chi connectivity index (χ0) is 36.9. The van der Waals surface area contributed by atoms with Gasteiger partial charge in [0.05, 0.1) is 39.8 Å². The van der Waals surface area contributed by atoms with Crippen molar-refractivity contribution in [3.8, 4) is 17.6 Å². The maximum Gasteiger partial charge on any atom is 0.144 e. The molecule has 0 bridgehead atoms. The first-order valence-electron chi connectivity index (χ1n) is 16.7. The molecule has 0 unspecified atom stereocenters. The number of likely N-dealkylation sites (N-methyl/N-ethyl adjacent to an activating group) is 1. The average Bonchev–Trinajstić information content (AvgIpc) is 3.10. The van der Waals surface area contributed by atoms with E-state index in [0.29, 0.717) is 52.6 Å². The maximum atomic E-state index is 9.90. The van der Waals surface area contributed by atoms with E-state index >= 15 is 0 Å². The highest BCUT2D eigenvalue weighted by atomic mass is 35.5. The molecule has 0 aliphatic heterocycles. The van der Waals surface area contributed by atoms with Crippen LogP contribution in [0.1, 0.15) is 76.9 Å². The molecule has 0 radical (unpaired) electrons. The fraction of sp³-hybridized carbons (Fsp3) is 0.385. The predicted octanol–water partition coefficient (Wildman–Crippen LogP) is 9.71. The van der Waals surface area contributed by atoms with Crippen molar-refractivity contribution in [3.05, 3.63) is 88.4 Å². The number of hydrogen-bond acceptors (Lipinski definition) is 9. The Bertz CT molecular complexity index is 1660. The van der Waals surface area contributed by atoms with Gasteiger partial charge in [-0.15, -0.1) is 0 Å². The van der Waals surface area contributed by atoms with Crippen LogP contribution < -0.4 is 20.1 Å². The fourth-order valence-corrected chi connectivity index (χ4v) is 4.58. The normalized spacial score (nSPS) is 10.2. The van der Waals surface area contributed by atoms with Gasteiger partial charge in [-0.3, -0.25) is 14.8 Å². The SMILES string of the molecule is CC.CC.CCOc1cc2nc(C)c(C#N)c(Nc3ccc(OCc4ccc(C(C)C)nc4)c(Cl)c3)c2cc1NC.CN(C)C/C=C/C=O. The van der Waals surface area contributed by atoms with Gasteiger partial charge in [-0.25, -0.2) is 0 Å². The molecule has 0 fully saturated rings. The van der Waals surface area contributed by atoms with E-state index in [9.17, 15) is 10.1 Å². The highest BCUT2D eigenvalue weighted by molar-refractivity contribution is 6.32. The number of carbonyl (C=O) groups excluding carboxylic acids is 1. The smallest absolute Gasteiger partial charge is 0.144 e. The van der Waals surface area contributed by atoms with Crippen molar-refractivity contribution in [3.63, 3.8) is 0 Å². The Labute approximate surface area is 298 Å². The van der Waals surface area contributed by atoms with Crippen LogP contribution in [-0.4, -0.2) is 55.4 Å². The number of nitrogens with one attached hydrogen (secondary N) is 2. The molecule has 4 rings (SSSR count). The van der Waals surface area contributed by atoms with Gasteiger partial charge >= 0.3 is 0 Å². The molecule has 2 aromatic carbocycles. The Morgan fingerprint density at radius 1 is 1.04 bits per heavy atom. The van der Waals surface area contributed by atoms with Crippen LogP contribution in [0.3, 0.4) is 0 Å².